The maximum atomic E-state index is 12.8. The van der Waals surface area contributed by atoms with Crippen LogP contribution in [0.3, 0.4) is 0 Å². The molecule has 28 heavy (non-hydrogen) atoms. The maximum Gasteiger partial charge on any atom is 0.410 e. The molecule has 162 valence electrons. The normalized spacial score (nSPS) is 20.1. The highest BCUT2D eigenvalue weighted by molar-refractivity contribution is 7.99. The number of amides is 1. The van der Waals surface area contributed by atoms with Gasteiger partial charge in [0.1, 0.15) is 5.60 Å². The molecule has 0 aromatic carbocycles. The van der Waals surface area contributed by atoms with Crippen molar-refractivity contribution in [1.29, 1.82) is 0 Å². The highest BCUT2D eigenvalue weighted by Gasteiger charge is 2.35. The molecule has 1 aliphatic heterocycles. The molecule has 1 aliphatic carbocycles. The third-order valence-corrected chi connectivity index (χ3v) is 6.17. The number of carbonyl (C=O) groups excluding carboxylic acids is 1. The fraction of sp³-hybridized carbons (Fsp3) is 0.905. The van der Waals surface area contributed by atoms with E-state index in [-0.39, 0.29) is 12.1 Å². The fourth-order valence-electron chi connectivity index (χ4n) is 3.38. The summed E-state index contributed by atoms with van der Waals surface area (Å²) in [5.41, 5.74) is -0.446. The van der Waals surface area contributed by atoms with Gasteiger partial charge in [-0.3, -0.25) is 4.99 Å². The second-order valence-corrected chi connectivity index (χ2v) is 10.3. The number of likely N-dealkylation sites (tertiary alicyclic amines) is 1. The number of piperidine rings is 1. The Bertz CT molecular complexity index is 523. The van der Waals surface area contributed by atoms with Crippen LogP contribution < -0.4 is 5.32 Å². The molecule has 1 saturated heterocycles. The predicted octanol–water partition coefficient (Wildman–Crippen LogP) is 3.81. The molecule has 2 fully saturated rings. The number of hydrogen-bond acceptors (Lipinski definition) is 4. The Kier molecular flexibility index (Phi) is 8.78. The van der Waals surface area contributed by atoms with Crippen LogP contribution in [0.4, 0.5) is 4.79 Å². The van der Waals surface area contributed by atoms with Crippen molar-refractivity contribution in [3.05, 3.63) is 0 Å². The topological polar surface area (TPSA) is 57.2 Å². The molecule has 0 spiro atoms. The highest BCUT2D eigenvalue weighted by Crippen LogP contribution is 2.32. The predicted molar refractivity (Wildman–Crippen MR) is 119 cm³/mol. The van der Waals surface area contributed by atoms with E-state index in [0.29, 0.717) is 11.2 Å². The maximum absolute atomic E-state index is 12.8. The van der Waals surface area contributed by atoms with E-state index in [1.165, 1.54) is 12.8 Å². The first-order valence-electron chi connectivity index (χ1n) is 10.8. The minimum atomic E-state index is -0.446. The van der Waals surface area contributed by atoms with Gasteiger partial charge in [0, 0.05) is 37.5 Å². The number of thioether (sulfide) groups is 1. The van der Waals surface area contributed by atoms with Gasteiger partial charge in [-0.25, -0.2) is 4.79 Å². The molecule has 0 radical (unpaired) electrons. The molecule has 0 aromatic rings. The summed E-state index contributed by atoms with van der Waals surface area (Å²) in [4.78, 5) is 22.0. The van der Waals surface area contributed by atoms with Crippen LogP contribution in [0, 0.1) is 5.92 Å². The van der Waals surface area contributed by atoms with Crippen LogP contribution >= 0.6 is 11.8 Å². The first kappa shape index (κ1) is 23.2. The largest absolute Gasteiger partial charge is 0.444 e. The molecule has 2 rings (SSSR count). The third-order valence-electron chi connectivity index (χ3n) is 5.22. The number of hydrogen-bond donors (Lipinski definition) is 1. The summed E-state index contributed by atoms with van der Waals surface area (Å²) in [6.45, 7) is 14.5. The SMILES string of the molecule is CCNC(=NCC(C)SC)N1CCC(N(CC2CC2)C(=O)OC(C)(C)C)CC1. The van der Waals surface area contributed by atoms with E-state index in [9.17, 15) is 4.79 Å². The van der Waals surface area contributed by atoms with Crippen molar-refractivity contribution in [2.75, 3.05) is 39.0 Å². The lowest BCUT2D eigenvalue weighted by molar-refractivity contribution is 0.00928. The molecule has 6 nitrogen and oxygen atoms in total. The summed E-state index contributed by atoms with van der Waals surface area (Å²) >= 11 is 1.84. The molecule has 1 heterocycles. The van der Waals surface area contributed by atoms with Crippen LogP contribution in [-0.4, -0.2) is 77.7 Å². The molecule has 2 aliphatic rings. The lowest BCUT2D eigenvalue weighted by Gasteiger charge is -2.40. The Balaban J connectivity index is 1.96. The molecule has 1 atom stereocenters. The van der Waals surface area contributed by atoms with Crippen molar-refractivity contribution in [3.63, 3.8) is 0 Å². The fourth-order valence-corrected chi connectivity index (χ4v) is 3.60. The molecule has 7 heteroatoms. The number of ether oxygens (including phenoxy) is 1. The summed E-state index contributed by atoms with van der Waals surface area (Å²) in [6.07, 6.45) is 6.39. The molecule has 1 saturated carbocycles. The van der Waals surface area contributed by atoms with Gasteiger partial charge in [-0.05, 0) is 65.6 Å². The standard InChI is InChI=1S/C21H40N4O2S/c1-7-22-19(23-14-16(2)28-6)24-12-10-18(11-13-24)25(15-17-8-9-17)20(26)27-21(3,4)5/h16-18H,7-15H2,1-6H3,(H,22,23). The summed E-state index contributed by atoms with van der Waals surface area (Å²) < 4.78 is 5.71. The molecular weight excluding hydrogens is 372 g/mol. The highest BCUT2D eigenvalue weighted by atomic mass is 32.2. The van der Waals surface area contributed by atoms with Gasteiger partial charge in [0.2, 0.25) is 0 Å². The zero-order valence-electron chi connectivity index (χ0n) is 18.7. The minimum absolute atomic E-state index is 0.146. The van der Waals surface area contributed by atoms with Gasteiger partial charge in [0.05, 0.1) is 6.54 Å². The Morgan fingerprint density at radius 1 is 1.29 bits per heavy atom. The molecule has 0 aromatic heterocycles. The summed E-state index contributed by atoms with van der Waals surface area (Å²) in [5, 5.41) is 3.95. The molecular formula is C21H40N4O2S. The Morgan fingerprint density at radius 2 is 1.93 bits per heavy atom. The van der Waals surface area contributed by atoms with E-state index >= 15 is 0 Å². The van der Waals surface area contributed by atoms with Gasteiger partial charge < -0.3 is 19.9 Å². The first-order valence-corrected chi connectivity index (χ1v) is 12.1. The van der Waals surface area contributed by atoms with E-state index < -0.39 is 5.60 Å². The Hall–Kier alpha value is -1.11. The quantitative estimate of drug-likeness (QED) is 0.509. The van der Waals surface area contributed by atoms with Crippen molar-refractivity contribution in [2.45, 2.75) is 77.2 Å². The van der Waals surface area contributed by atoms with Crippen molar-refractivity contribution in [1.82, 2.24) is 15.1 Å². The number of nitrogens with one attached hydrogen (secondary N) is 1. The van der Waals surface area contributed by atoms with E-state index in [1.807, 2.05) is 37.4 Å². The van der Waals surface area contributed by atoms with Gasteiger partial charge in [-0.1, -0.05) is 6.92 Å². The van der Waals surface area contributed by atoms with Gasteiger partial charge in [0.25, 0.3) is 0 Å². The van der Waals surface area contributed by atoms with Crippen LogP contribution in [0.2, 0.25) is 0 Å². The first-order chi connectivity index (χ1) is 13.2. The van der Waals surface area contributed by atoms with Crippen LogP contribution in [0.5, 0.6) is 0 Å². The average molecular weight is 413 g/mol. The summed E-state index contributed by atoms with van der Waals surface area (Å²) in [6, 6.07) is 0.264. The van der Waals surface area contributed by atoms with Crippen molar-refractivity contribution < 1.29 is 9.53 Å². The van der Waals surface area contributed by atoms with Gasteiger partial charge in [-0.2, -0.15) is 11.8 Å². The zero-order valence-corrected chi connectivity index (χ0v) is 19.5. The Morgan fingerprint density at radius 3 is 2.43 bits per heavy atom. The molecule has 1 N–H and O–H groups in total. The van der Waals surface area contributed by atoms with Gasteiger partial charge in [-0.15, -0.1) is 0 Å². The molecule has 0 bridgehead atoms. The van der Waals surface area contributed by atoms with E-state index in [4.69, 9.17) is 9.73 Å². The smallest absolute Gasteiger partial charge is 0.410 e. The van der Waals surface area contributed by atoms with Crippen molar-refractivity contribution in [2.24, 2.45) is 10.9 Å². The monoisotopic (exact) mass is 412 g/mol. The second-order valence-electron chi connectivity index (χ2n) is 9.04. The second kappa shape index (κ2) is 10.6. The van der Waals surface area contributed by atoms with Crippen LogP contribution in [0.25, 0.3) is 0 Å². The van der Waals surface area contributed by atoms with Gasteiger partial charge >= 0.3 is 6.09 Å². The lowest BCUT2D eigenvalue weighted by atomic mass is 10.0. The zero-order chi connectivity index (χ0) is 20.7. The molecule has 1 amide bonds. The van der Waals surface area contributed by atoms with Crippen LogP contribution in [-0.2, 0) is 4.74 Å². The van der Waals surface area contributed by atoms with E-state index in [1.54, 1.807) is 0 Å². The van der Waals surface area contributed by atoms with E-state index in [2.05, 4.69) is 30.3 Å². The summed E-state index contributed by atoms with van der Waals surface area (Å²) in [5.74, 6) is 1.67. The third kappa shape index (κ3) is 7.72. The lowest BCUT2D eigenvalue weighted by Crippen LogP contribution is -2.52. The van der Waals surface area contributed by atoms with Crippen molar-refractivity contribution in [3.8, 4) is 0 Å². The minimum Gasteiger partial charge on any atom is -0.444 e. The van der Waals surface area contributed by atoms with Crippen LogP contribution in [0.1, 0.15) is 60.3 Å². The van der Waals surface area contributed by atoms with Gasteiger partial charge in [0.15, 0.2) is 5.96 Å². The molecule has 1 unspecified atom stereocenters. The Labute approximate surface area is 175 Å². The number of guanidine groups is 1. The number of nitrogens with zero attached hydrogens (tertiary/aromatic N) is 3. The van der Waals surface area contributed by atoms with Crippen LogP contribution in [0.15, 0.2) is 4.99 Å². The number of carbonyl (C=O) groups is 1. The number of aliphatic imine (C=N–C) groups is 1. The van der Waals surface area contributed by atoms with E-state index in [0.717, 1.165) is 51.5 Å². The summed E-state index contributed by atoms with van der Waals surface area (Å²) in [7, 11) is 0. The number of rotatable bonds is 7. The average Bonchev–Trinajstić information content (AvgIpc) is 3.46. The van der Waals surface area contributed by atoms with Crippen molar-refractivity contribution >= 4 is 23.8 Å².